The second-order valence-corrected chi connectivity index (χ2v) is 2.04. The molecule has 2 heteroatoms. The quantitative estimate of drug-likeness (QED) is 0.586. The Morgan fingerprint density at radius 2 is 2.00 bits per heavy atom. The maximum atomic E-state index is 4.07. The van der Waals surface area contributed by atoms with Crippen molar-refractivity contribution >= 4 is 5.57 Å². The summed E-state index contributed by atoms with van der Waals surface area (Å²) in [5, 5.41) is 0. The van der Waals surface area contributed by atoms with Crippen molar-refractivity contribution < 1.29 is 0 Å². The Bertz CT molecular complexity index is 226. The Labute approximate surface area is 60.6 Å². The fourth-order valence-corrected chi connectivity index (χ4v) is 0.632. The molecule has 0 fully saturated rings. The molecular formula is C8H10N2. The van der Waals surface area contributed by atoms with Crippen LogP contribution in [0.3, 0.4) is 0 Å². The summed E-state index contributed by atoms with van der Waals surface area (Å²) < 4.78 is 0. The Morgan fingerprint density at radius 1 is 1.40 bits per heavy atom. The van der Waals surface area contributed by atoms with Crippen molar-refractivity contribution in [1.82, 2.24) is 9.97 Å². The summed E-state index contributed by atoms with van der Waals surface area (Å²) in [6.45, 7) is 3.97. The van der Waals surface area contributed by atoms with E-state index in [1.165, 1.54) is 0 Å². The van der Waals surface area contributed by atoms with Crippen LogP contribution in [-0.4, -0.2) is 9.97 Å². The lowest BCUT2D eigenvalue weighted by Crippen LogP contribution is -1.87. The van der Waals surface area contributed by atoms with Gasteiger partial charge < -0.3 is 0 Å². The van der Waals surface area contributed by atoms with Crippen molar-refractivity contribution in [3.05, 3.63) is 30.4 Å². The lowest BCUT2D eigenvalue weighted by Gasteiger charge is -1.94. The number of hydrogen-bond acceptors (Lipinski definition) is 2. The topological polar surface area (TPSA) is 25.8 Å². The molecule has 0 aliphatic carbocycles. The molecule has 10 heavy (non-hydrogen) atoms. The summed E-state index contributed by atoms with van der Waals surface area (Å²) in [4.78, 5) is 8.14. The molecule has 0 aliphatic rings. The molecule has 2 nitrogen and oxygen atoms in total. The Morgan fingerprint density at radius 3 is 2.50 bits per heavy atom. The third kappa shape index (κ3) is 1.41. The summed E-state index contributed by atoms with van der Waals surface area (Å²) in [7, 11) is 0. The van der Waals surface area contributed by atoms with Crippen LogP contribution in [0.2, 0.25) is 0 Å². The summed E-state index contributed by atoms with van der Waals surface area (Å²) in [6, 6.07) is 1.81. The molecule has 0 bridgehead atoms. The molecule has 1 aromatic rings. The number of rotatable bonds is 1. The molecule has 1 aromatic heterocycles. The third-order valence-electron chi connectivity index (χ3n) is 1.35. The fraction of sp³-hybridized carbons (Fsp3) is 0.250. The predicted octanol–water partition coefficient (Wildman–Crippen LogP) is 1.90. The average Bonchev–Trinajstić information content (AvgIpc) is 2.05. The van der Waals surface area contributed by atoms with E-state index in [4.69, 9.17) is 0 Å². The highest BCUT2D eigenvalue weighted by Crippen LogP contribution is 2.04. The van der Waals surface area contributed by atoms with Crippen LogP contribution in [0.4, 0.5) is 0 Å². The van der Waals surface area contributed by atoms with Crippen molar-refractivity contribution in [2.75, 3.05) is 0 Å². The largest absolute Gasteiger partial charge is 0.237 e. The van der Waals surface area contributed by atoms with Gasteiger partial charge in [0.25, 0.3) is 0 Å². The van der Waals surface area contributed by atoms with Crippen molar-refractivity contribution in [2.24, 2.45) is 0 Å². The van der Waals surface area contributed by atoms with Crippen LogP contribution in [-0.2, 0) is 0 Å². The maximum Gasteiger partial charge on any atom is 0.154 e. The van der Waals surface area contributed by atoms with Gasteiger partial charge in [-0.15, -0.1) is 0 Å². The molecule has 1 rings (SSSR count). The van der Waals surface area contributed by atoms with E-state index in [0.717, 1.165) is 11.4 Å². The minimum atomic E-state index is 0.810. The van der Waals surface area contributed by atoms with Crippen LogP contribution in [0, 0.1) is 0 Å². The normalized spacial score (nSPS) is 11.6. The molecule has 0 saturated carbocycles. The first-order valence-corrected chi connectivity index (χ1v) is 3.25. The van der Waals surface area contributed by atoms with Gasteiger partial charge in [-0.05, 0) is 25.5 Å². The molecule has 0 saturated heterocycles. The molecular weight excluding hydrogens is 124 g/mol. The second-order valence-electron chi connectivity index (χ2n) is 2.04. The van der Waals surface area contributed by atoms with E-state index < -0.39 is 0 Å². The van der Waals surface area contributed by atoms with Crippen LogP contribution < -0.4 is 0 Å². The molecule has 0 amide bonds. The first kappa shape index (κ1) is 6.93. The lowest BCUT2D eigenvalue weighted by molar-refractivity contribution is 1.11. The Hall–Kier alpha value is -1.18. The van der Waals surface area contributed by atoms with Crippen molar-refractivity contribution in [3.8, 4) is 0 Å². The first-order chi connectivity index (χ1) is 4.84. The van der Waals surface area contributed by atoms with Gasteiger partial charge in [0.1, 0.15) is 0 Å². The number of hydrogen-bond donors (Lipinski definition) is 0. The van der Waals surface area contributed by atoms with E-state index in [1.54, 1.807) is 12.4 Å². The van der Waals surface area contributed by atoms with E-state index in [9.17, 15) is 0 Å². The smallest absolute Gasteiger partial charge is 0.154 e. The Kier molecular flexibility index (Phi) is 2.15. The highest BCUT2D eigenvalue weighted by molar-refractivity contribution is 5.56. The molecule has 0 N–H and O–H groups in total. The van der Waals surface area contributed by atoms with E-state index >= 15 is 0 Å². The van der Waals surface area contributed by atoms with E-state index in [1.807, 2.05) is 26.0 Å². The summed E-state index contributed by atoms with van der Waals surface area (Å²) >= 11 is 0. The predicted molar refractivity (Wildman–Crippen MR) is 41.4 cm³/mol. The van der Waals surface area contributed by atoms with E-state index in [2.05, 4.69) is 9.97 Å². The van der Waals surface area contributed by atoms with Gasteiger partial charge in [-0.2, -0.15) is 0 Å². The molecule has 0 spiro atoms. The average molecular weight is 134 g/mol. The van der Waals surface area contributed by atoms with Crippen molar-refractivity contribution in [1.29, 1.82) is 0 Å². The monoisotopic (exact) mass is 134 g/mol. The number of aromatic nitrogens is 2. The van der Waals surface area contributed by atoms with Gasteiger partial charge in [0.05, 0.1) is 0 Å². The maximum absolute atomic E-state index is 4.07. The number of allylic oxidation sites excluding steroid dienone is 2. The van der Waals surface area contributed by atoms with Gasteiger partial charge in [-0.3, -0.25) is 0 Å². The fourth-order valence-electron chi connectivity index (χ4n) is 0.632. The minimum absolute atomic E-state index is 0.810. The van der Waals surface area contributed by atoms with Gasteiger partial charge in [0.2, 0.25) is 0 Å². The van der Waals surface area contributed by atoms with Gasteiger partial charge in [0.15, 0.2) is 5.82 Å². The Balaban J connectivity index is 2.96. The lowest BCUT2D eigenvalue weighted by atomic mass is 10.3. The van der Waals surface area contributed by atoms with E-state index in [-0.39, 0.29) is 0 Å². The molecule has 1 heterocycles. The molecule has 0 unspecified atom stereocenters. The number of nitrogens with zero attached hydrogens (tertiary/aromatic N) is 2. The SMILES string of the molecule is C/C=C(\C)c1ncccn1. The van der Waals surface area contributed by atoms with Gasteiger partial charge in [0, 0.05) is 12.4 Å². The van der Waals surface area contributed by atoms with Crippen LogP contribution >= 0.6 is 0 Å². The summed E-state index contributed by atoms with van der Waals surface area (Å²) in [5.74, 6) is 0.810. The second kappa shape index (κ2) is 3.11. The standard InChI is InChI=1S/C8H10N2/c1-3-7(2)8-9-5-4-6-10-8/h3-6H,1-2H3/b7-3+. The first-order valence-electron chi connectivity index (χ1n) is 3.25. The van der Waals surface area contributed by atoms with Gasteiger partial charge in [-0.25, -0.2) is 9.97 Å². The zero-order valence-corrected chi connectivity index (χ0v) is 6.20. The highest BCUT2D eigenvalue weighted by atomic mass is 14.8. The van der Waals surface area contributed by atoms with Crippen LogP contribution in [0.1, 0.15) is 19.7 Å². The van der Waals surface area contributed by atoms with Crippen molar-refractivity contribution in [2.45, 2.75) is 13.8 Å². The van der Waals surface area contributed by atoms with Crippen molar-refractivity contribution in [3.63, 3.8) is 0 Å². The molecule has 0 aliphatic heterocycles. The third-order valence-corrected chi connectivity index (χ3v) is 1.35. The zero-order chi connectivity index (χ0) is 7.40. The van der Waals surface area contributed by atoms with Crippen LogP contribution in [0.5, 0.6) is 0 Å². The summed E-state index contributed by atoms with van der Waals surface area (Å²) in [6.07, 6.45) is 5.49. The van der Waals surface area contributed by atoms with Crippen LogP contribution in [0.15, 0.2) is 24.5 Å². The van der Waals surface area contributed by atoms with E-state index in [0.29, 0.717) is 0 Å². The molecule has 52 valence electrons. The minimum Gasteiger partial charge on any atom is -0.237 e. The highest BCUT2D eigenvalue weighted by Gasteiger charge is 1.92. The van der Waals surface area contributed by atoms with Gasteiger partial charge >= 0.3 is 0 Å². The van der Waals surface area contributed by atoms with Gasteiger partial charge in [-0.1, -0.05) is 6.08 Å². The van der Waals surface area contributed by atoms with Crippen LogP contribution in [0.25, 0.3) is 5.57 Å². The zero-order valence-electron chi connectivity index (χ0n) is 6.20. The summed E-state index contributed by atoms with van der Waals surface area (Å²) in [5.41, 5.74) is 1.11. The molecule has 0 aromatic carbocycles. The molecule has 0 atom stereocenters. The molecule has 0 radical (unpaired) electrons.